The molecule has 2 fully saturated rings. The largest absolute Gasteiger partial charge is 0.444 e. The third-order valence-corrected chi connectivity index (χ3v) is 7.01. The maximum absolute atomic E-state index is 12.3. The van der Waals surface area contributed by atoms with E-state index in [-0.39, 0.29) is 11.8 Å². The van der Waals surface area contributed by atoms with Gasteiger partial charge in [0.2, 0.25) is 0 Å². The van der Waals surface area contributed by atoms with Crippen LogP contribution in [-0.4, -0.2) is 60.5 Å². The van der Waals surface area contributed by atoms with Crippen molar-refractivity contribution < 1.29 is 14.3 Å². The lowest BCUT2D eigenvalue weighted by Gasteiger charge is -2.49. The second-order valence-electron chi connectivity index (χ2n) is 9.34. The summed E-state index contributed by atoms with van der Waals surface area (Å²) in [6, 6.07) is 8.54. The summed E-state index contributed by atoms with van der Waals surface area (Å²) in [6.45, 7) is 8.79. The van der Waals surface area contributed by atoms with Crippen LogP contribution in [0.2, 0.25) is 0 Å². The van der Waals surface area contributed by atoms with Crippen molar-refractivity contribution in [3.05, 3.63) is 34.3 Å². The minimum atomic E-state index is -0.450. The Morgan fingerprint density at radius 1 is 1.14 bits per heavy atom. The second-order valence-corrected chi connectivity index (χ2v) is 10.2. The highest BCUT2D eigenvalue weighted by Gasteiger charge is 2.42. The Morgan fingerprint density at radius 3 is 2.31 bits per heavy atom. The van der Waals surface area contributed by atoms with E-state index in [0.29, 0.717) is 19.0 Å². The fourth-order valence-electron chi connectivity index (χ4n) is 4.58. The van der Waals surface area contributed by atoms with Crippen LogP contribution in [-0.2, 0) is 15.9 Å². The van der Waals surface area contributed by atoms with Crippen LogP contribution in [0.3, 0.4) is 0 Å². The van der Waals surface area contributed by atoms with Crippen LogP contribution >= 0.6 is 15.9 Å². The number of hydrogen-bond acceptors (Lipinski definition) is 4. The topological polar surface area (TPSA) is 42.0 Å². The number of benzene rings is 1. The molecule has 29 heavy (non-hydrogen) atoms. The Labute approximate surface area is 183 Å². The molecule has 2 aliphatic rings. The number of ether oxygens (including phenoxy) is 2. The van der Waals surface area contributed by atoms with E-state index in [0.717, 1.165) is 32.4 Å². The monoisotopic (exact) mass is 466 g/mol. The van der Waals surface area contributed by atoms with Crippen LogP contribution in [0, 0.1) is 5.92 Å². The van der Waals surface area contributed by atoms with Gasteiger partial charge in [0, 0.05) is 37.8 Å². The highest BCUT2D eigenvalue weighted by Crippen LogP contribution is 2.39. The minimum absolute atomic E-state index is 0.190. The number of nitrogens with zero attached hydrogens (tertiary/aromatic N) is 2. The standard InChI is InChI=1S/C23H35BrN2O3/c1-22(2,3)29-21(27)25-13-15-26(16-14-25)23(28-4)11-9-18(10-12-23)17-19-7-5-6-8-20(19)24/h5-8,18H,9-17H2,1-4H3. The molecule has 1 amide bonds. The maximum Gasteiger partial charge on any atom is 0.410 e. The molecule has 162 valence electrons. The molecule has 1 saturated carbocycles. The summed E-state index contributed by atoms with van der Waals surface area (Å²) in [5.74, 6) is 0.694. The van der Waals surface area contributed by atoms with E-state index in [1.807, 2.05) is 32.8 Å². The van der Waals surface area contributed by atoms with Crippen molar-refractivity contribution in [2.75, 3.05) is 33.3 Å². The lowest BCUT2D eigenvalue weighted by atomic mass is 9.79. The van der Waals surface area contributed by atoms with E-state index >= 15 is 0 Å². The van der Waals surface area contributed by atoms with Gasteiger partial charge in [0.1, 0.15) is 11.3 Å². The fourth-order valence-corrected chi connectivity index (χ4v) is 5.03. The van der Waals surface area contributed by atoms with Crippen molar-refractivity contribution in [3.8, 4) is 0 Å². The molecule has 3 rings (SSSR count). The Bertz CT molecular complexity index is 688. The van der Waals surface area contributed by atoms with Gasteiger partial charge in [-0.1, -0.05) is 34.1 Å². The van der Waals surface area contributed by atoms with E-state index in [2.05, 4.69) is 45.1 Å². The molecule has 1 aliphatic heterocycles. The van der Waals surface area contributed by atoms with Gasteiger partial charge in [-0.05, 0) is 70.4 Å². The molecule has 5 nitrogen and oxygen atoms in total. The summed E-state index contributed by atoms with van der Waals surface area (Å²) < 4.78 is 12.8. The molecule has 1 heterocycles. The van der Waals surface area contributed by atoms with Gasteiger partial charge in [-0.25, -0.2) is 4.79 Å². The van der Waals surface area contributed by atoms with E-state index in [4.69, 9.17) is 9.47 Å². The van der Waals surface area contributed by atoms with Crippen molar-refractivity contribution in [3.63, 3.8) is 0 Å². The van der Waals surface area contributed by atoms with Gasteiger partial charge in [-0.15, -0.1) is 0 Å². The molecule has 0 spiro atoms. The Kier molecular flexibility index (Phi) is 7.28. The van der Waals surface area contributed by atoms with Gasteiger partial charge >= 0.3 is 6.09 Å². The summed E-state index contributed by atoms with van der Waals surface area (Å²) in [5.41, 5.74) is 0.756. The number of rotatable bonds is 4. The highest BCUT2D eigenvalue weighted by atomic mass is 79.9. The van der Waals surface area contributed by atoms with Crippen molar-refractivity contribution in [2.24, 2.45) is 5.92 Å². The summed E-state index contributed by atoms with van der Waals surface area (Å²) >= 11 is 3.68. The smallest absolute Gasteiger partial charge is 0.410 e. The van der Waals surface area contributed by atoms with Crippen molar-refractivity contribution >= 4 is 22.0 Å². The van der Waals surface area contributed by atoms with Crippen LogP contribution in [0.25, 0.3) is 0 Å². The normalized spacial score (nSPS) is 26.4. The molecule has 0 atom stereocenters. The highest BCUT2D eigenvalue weighted by molar-refractivity contribution is 9.10. The predicted octanol–water partition coefficient (Wildman–Crippen LogP) is 5.08. The number of methoxy groups -OCH3 is 1. The lowest BCUT2D eigenvalue weighted by molar-refractivity contribution is -0.171. The first-order valence-electron chi connectivity index (χ1n) is 10.7. The van der Waals surface area contributed by atoms with Crippen LogP contribution in [0.4, 0.5) is 4.79 Å². The fraction of sp³-hybridized carbons (Fsp3) is 0.696. The molecule has 1 aliphatic carbocycles. The van der Waals surface area contributed by atoms with Crippen molar-refractivity contribution in [1.29, 1.82) is 0 Å². The Morgan fingerprint density at radius 2 is 1.76 bits per heavy atom. The zero-order valence-electron chi connectivity index (χ0n) is 18.2. The Hall–Kier alpha value is -1.11. The van der Waals surface area contributed by atoms with Crippen LogP contribution < -0.4 is 0 Å². The summed E-state index contributed by atoms with van der Waals surface area (Å²) in [7, 11) is 1.84. The number of carbonyl (C=O) groups is 1. The number of amides is 1. The zero-order valence-corrected chi connectivity index (χ0v) is 19.8. The van der Waals surface area contributed by atoms with Crippen molar-refractivity contribution in [1.82, 2.24) is 9.80 Å². The van der Waals surface area contributed by atoms with Gasteiger partial charge in [0.05, 0.1) is 0 Å². The molecule has 0 unspecified atom stereocenters. The van der Waals surface area contributed by atoms with Gasteiger partial charge in [0.15, 0.2) is 0 Å². The van der Waals surface area contributed by atoms with Gasteiger partial charge in [0.25, 0.3) is 0 Å². The molecule has 0 N–H and O–H groups in total. The first-order valence-corrected chi connectivity index (χ1v) is 11.5. The first-order chi connectivity index (χ1) is 13.7. The van der Waals surface area contributed by atoms with Crippen molar-refractivity contribution in [2.45, 2.75) is 64.2 Å². The maximum atomic E-state index is 12.3. The average Bonchev–Trinajstić information content (AvgIpc) is 2.69. The first kappa shape index (κ1) is 22.6. The molecule has 6 heteroatoms. The molecule has 0 radical (unpaired) electrons. The number of carbonyl (C=O) groups excluding carboxylic acids is 1. The average molecular weight is 467 g/mol. The molecular weight excluding hydrogens is 432 g/mol. The van der Waals surface area contributed by atoms with Crippen LogP contribution in [0.15, 0.2) is 28.7 Å². The molecule has 1 saturated heterocycles. The third kappa shape index (κ3) is 5.74. The van der Waals surface area contributed by atoms with E-state index in [1.165, 1.54) is 22.9 Å². The summed E-state index contributed by atoms with van der Waals surface area (Å²) in [5, 5.41) is 0. The zero-order chi connectivity index (χ0) is 21.1. The Balaban J connectivity index is 1.53. The SMILES string of the molecule is COC1(N2CCN(C(=O)OC(C)(C)C)CC2)CCC(Cc2ccccc2Br)CC1. The van der Waals surface area contributed by atoms with Crippen LogP contribution in [0.5, 0.6) is 0 Å². The van der Waals surface area contributed by atoms with Gasteiger partial charge in [-0.3, -0.25) is 4.90 Å². The quantitative estimate of drug-likeness (QED) is 0.620. The molecule has 0 aromatic heterocycles. The van der Waals surface area contributed by atoms with Gasteiger partial charge in [-0.2, -0.15) is 0 Å². The summed E-state index contributed by atoms with van der Waals surface area (Å²) in [6.07, 6.45) is 5.34. The number of hydrogen-bond donors (Lipinski definition) is 0. The van der Waals surface area contributed by atoms with E-state index < -0.39 is 5.60 Å². The second kappa shape index (κ2) is 9.36. The van der Waals surface area contributed by atoms with E-state index in [1.54, 1.807) is 0 Å². The van der Waals surface area contributed by atoms with Crippen LogP contribution in [0.1, 0.15) is 52.0 Å². The van der Waals surface area contributed by atoms with Gasteiger partial charge < -0.3 is 14.4 Å². The molecule has 1 aromatic carbocycles. The number of piperazine rings is 1. The number of halogens is 1. The molecule has 0 bridgehead atoms. The van der Waals surface area contributed by atoms with E-state index in [9.17, 15) is 4.79 Å². The lowest BCUT2D eigenvalue weighted by Crippen LogP contribution is -2.60. The summed E-state index contributed by atoms with van der Waals surface area (Å²) in [4.78, 5) is 16.6. The minimum Gasteiger partial charge on any atom is -0.444 e. The third-order valence-electron chi connectivity index (χ3n) is 6.24. The molecule has 1 aromatic rings. The predicted molar refractivity (Wildman–Crippen MR) is 119 cm³/mol. The molecular formula is C23H35BrN2O3.